The Labute approximate surface area is 127 Å². The molecule has 0 amide bonds. The molecule has 1 saturated carbocycles. The first-order valence-corrected chi connectivity index (χ1v) is 8.15. The molecule has 1 aliphatic rings. The van der Waals surface area contributed by atoms with E-state index in [0.29, 0.717) is 6.04 Å². The third-order valence-corrected chi connectivity index (χ3v) is 4.66. The smallest absolute Gasteiger partial charge is 0.269 e. The Morgan fingerprint density at radius 1 is 1.19 bits per heavy atom. The first-order chi connectivity index (χ1) is 10.2. The molecule has 1 aromatic carbocycles. The molecule has 0 aromatic heterocycles. The van der Waals surface area contributed by atoms with Gasteiger partial charge in [-0.2, -0.15) is 0 Å². The van der Waals surface area contributed by atoms with Crippen molar-refractivity contribution in [2.45, 2.75) is 57.9 Å². The zero-order valence-electron chi connectivity index (χ0n) is 12.9. The Bertz CT molecular complexity index is 445. The highest BCUT2D eigenvalue weighted by molar-refractivity contribution is 5.32. The van der Waals surface area contributed by atoms with Crippen LogP contribution in [0.4, 0.5) is 5.69 Å². The maximum atomic E-state index is 10.6. The second-order valence-corrected chi connectivity index (χ2v) is 6.11. The number of rotatable bonds is 6. The number of non-ortho nitro benzene ring substituents is 1. The van der Waals surface area contributed by atoms with Gasteiger partial charge in [-0.05, 0) is 43.7 Å². The molecule has 1 N–H and O–H groups in total. The van der Waals surface area contributed by atoms with Crippen LogP contribution in [-0.4, -0.2) is 17.5 Å². The van der Waals surface area contributed by atoms with E-state index in [1.54, 1.807) is 12.1 Å². The van der Waals surface area contributed by atoms with Gasteiger partial charge in [-0.1, -0.05) is 38.3 Å². The molecule has 1 fully saturated rings. The summed E-state index contributed by atoms with van der Waals surface area (Å²) in [5.41, 5.74) is 1.33. The highest BCUT2D eigenvalue weighted by atomic mass is 16.6. The quantitative estimate of drug-likeness (QED) is 0.488. The van der Waals surface area contributed by atoms with Gasteiger partial charge in [-0.3, -0.25) is 10.1 Å². The Kier molecular flexibility index (Phi) is 6.18. The molecule has 2 unspecified atom stereocenters. The Hall–Kier alpha value is -1.42. The van der Waals surface area contributed by atoms with Gasteiger partial charge in [0.05, 0.1) is 4.92 Å². The summed E-state index contributed by atoms with van der Waals surface area (Å²) >= 11 is 0. The van der Waals surface area contributed by atoms with Crippen molar-refractivity contribution in [2.24, 2.45) is 5.92 Å². The summed E-state index contributed by atoms with van der Waals surface area (Å²) in [6.45, 7) is 3.26. The van der Waals surface area contributed by atoms with E-state index < -0.39 is 0 Å². The molecule has 2 atom stereocenters. The summed E-state index contributed by atoms with van der Waals surface area (Å²) in [6, 6.07) is 7.55. The average Bonchev–Trinajstić information content (AvgIpc) is 2.73. The summed E-state index contributed by atoms with van der Waals surface area (Å²) in [7, 11) is 0. The van der Waals surface area contributed by atoms with Crippen molar-refractivity contribution in [2.75, 3.05) is 6.54 Å². The molecule has 0 aliphatic heterocycles. The number of hydrogen-bond donors (Lipinski definition) is 1. The van der Waals surface area contributed by atoms with Crippen LogP contribution >= 0.6 is 0 Å². The number of hydrogen-bond acceptors (Lipinski definition) is 3. The molecular weight excluding hydrogens is 264 g/mol. The highest BCUT2D eigenvalue weighted by Gasteiger charge is 2.17. The fourth-order valence-electron chi connectivity index (χ4n) is 3.20. The number of nitro benzene ring substituents is 1. The standard InChI is InChI=1S/C17H26N2O2/c1-2-14-4-3-5-16(9-6-14)18-13-12-15-7-10-17(11-8-15)19(20)21/h7-8,10-11,14,16,18H,2-6,9,12-13H2,1H3. The fourth-order valence-corrected chi connectivity index (χ4v) is 3.20. The van der Waals surface area contributed by atoms with Crippen molar-refractivity contribution in [1.29, 1.82) is 0 Å². The van der Waals surface area contributed by atoms with Gasteiger partial charge in [-0.25, -0.2) is 0 Å². The maximum absolute atomic E-state index is 10.6. The van der Waals surface area contributed by atoms with Gasteiger partial charge in [-0.15, -0.1) is 0 Å². The lowest BCUT2D eigenvalue weighted by atomic mass is 9.98. The number of benzene rings is 1. The van der Waals surface area contributed by atoms with Crippen molar-refractivity contribution >= 4 is 5.69 Å². The predicted molar refractivity (Wildman–Crippen MR) is 85.5 cm³/mol. The van der Waals surface area contributed by atoms with E-state index in [-0.39, 0.29) is 10.6 Å². The zero-order valence-corrected chi connectivity index (χ0v) is 12.9. The van der Waals surface area contributed by atoms with E-state index in [1.165, 1.54) is 38.5 Å². The van der Waals surface area contributed by atoms with Crippen LogP contribution in [0, 0.1) is 16.0 Å². The highest BCUT2D eigenvalue weighted by Crippen LogP contribution is 2.25. The summed E-state index contributed by atoms with van der Waals surface area (Å²) in [6.07, 6.45) is 8.91. The van der Waals surface area contributed by atoms with Crippen LogP contribution in [0.3, 0.4) is 0 Å². The largest absolute Gasteiger partial charge is 0.314 e. The van der Waals surface area contributed by atoms with Crippen LogP contribution in [0.1, 0.15) is 51.0 Å². The number of nitrogens with one attached hydrogen (secondary N) is 1. The second-order valence-electron chi connectivity index (χ2n) is 6.11. The van der Waals surface area contributed by atoms with Crippen molar-refractivity contribution in [3.63, 3.8) is 0 Å². The summed E-state index contributed by atoms with van der Waals surface area (Å²) in [4.78, 5) is 10.3. The van der Waals surface area contributed by atoms with Gasteiger partial charge in [0.25, 0.3) is 5.69 Å². The van der Waals surface area contributed by atoms with E-state index in [9.17, 15) is 10.1 Å². The van der Waals surface area contributed by atoms with E-state index >= 15 is 0 Å². The maximum Gasteiger partial charge on any atom is 0.269 e. The Morgan fingerprint density at radius 2 is 1.95 bits per heavy atom. The van der Waals surface area contributed by atoms with Crippen LogP contribution in [0.2, 0.25) is 0 Å². The van der Waals surface area contributed by atoms with Crippen LogP contribution in [0.25, 0.3) is 0 Å². The molecule has 0 heterocycles. The van der Waals surface area contributed by atoms with Gasteiger partial charge in [0.1, 0.15) is 0 Å². The summed E-state index contributed by atoms with van der Waals surface area (Å²) in [5.74, 6) is 0.923. The molecule has 0 spiro atoms. The van der Waals surface area contributed by atoms with E-state index in [4.69, 9.17) is 0 Å². The van der Waals surface area contributed by atoms with E-state index in [1.807, 2.05) is 12.1 Å². The summed E-state index contributed by atoms with van der Waals surface area (Å²) < 4.78 is 0. The molecule has 21 heavy (non-hydrogen) atoms. The van der Waals surface area contributed by atoms with Crippen molar-refractivity contribution < 1.29 is 4.92 Å². The molecule has 4 nitrogen and oxygen atoms in total. The van der Waals surface area contributed by atoms with Crippen LogP contribution in [0.15, 0.2) is 24.3 Å². The molecule has 0 saturated heterocycles. The molecular formula is C17H26N2O2. The van der Waals surface area contributed by atoms with Crippen molar-refractivity contribution in [3.8, 4) is 0 Å². The minimum atomic E-state index is -0.349. The average molecular weight is 290 g/mol. The lowest BCUT2D eigenvalue weighted by Crippen LogP contribution is -2.30. The Balaban J connectivity index is 1.72. The van der Waals surface area contributed by atoms with Gasteiger partial charge in [0.15, 0.2) is 0 Å². The van der Waals surface area contributed by atoms with Gasteiger partial charge in [0.2, 0.25) is 0 Å². The first-order valence-electron chi connectivity index (χ1n) is 8.15. The van der Waals surface area contributed by atoms with Crippen LogP contribution in [0.5, 0.6) is 0 Å². The number of nitro groups is 1. The minimum Gasteiger partial charge on any atom is -0.314 e. The molecule has 4 heteroatoms. The van der Waals surface area contributed by atoms with E-state index in [2.05, 4.69) is 12.2 Å². The lowest BCUT2D eigenvalue weighted by molar-refractivity contribution is -0.384. The summed E-state index contributed by atoms with van der Waals surface area (Å²) in [5, 5.41) is 14.3. The fraction of sp³-hybridized carbons (Fsp3) is 0.647. The van der Waals surface area contributed by atoms with Gasteiger partial charge < -0.3 is 5.32 Å². The van der Waals surface area contributed by atoms with E-state index in [0.717, 1.165) is 24.4 Å². The first kappa shape index (κ1) is 16.0. The monoisotopic (exact) mass is 290 g/mol. The minimum absolute atomic E-state index is 0.168. The predicted octanol–water partition coefficient (Wildman–Crippen LogP) is 4.09. The third kappa shape index (κ3) is 5.12. The molecule has 2 rings (SSSR count). The van der Waals surface area contributed by atoms with Crippen LogP contribution in [-0.2, 0) is 6.42 Å². The van der Waals surface area contributed by atoms with Crippen LogP contribution < -0.4 is 5.32 Å². The molecule has 0 radical (unpaired) electrons. The topological polar surface area (TPSA) is 55.2 Å². The van der Waals surface area contributed by atoms with Crippen molar-refractivity contribution in [1.82, 2.24) is 5.32 Å². The second kappa shape index (κ2) is 8.13. The molecule has 1 aromatic rings. The lowest BCUT2D eigenvalue weighted by Gasteiger charge is -2.16. The molecule has 116 valence electrons. The Morgan fingerprint density at radius 3 is 2.62 bits per heavy atom. The third-order valence-electron chi connectivity index (χ3n) is 4.66. The normalized spacial score (nSPS) is 22.7. The van der Waals surface area contributed by atoms with Gasteiger partial charge >= 0.3 is 0 Å². The van der Waals surface area contributed by atoms with Crippen molar-refractivity contribution in [3.05, 3.63) is 39.9 Å². The van der Waals surface area contributed by atoms with Gasteiger partial charge in [0, 0.05) is 18.2 Å². The zero-order chi connectivity index (χ0) is 15.1. The SMILES string of the molecule is CCC1CCCC(NCCc2ccc([N+](=O)[O-])cc2)CC1. The molecule has 0 bridgehead atoms. The molecule has 1 aliphatic carbocycles. The number of nitrogens with zero attached hydrogens (tertiary/aromatic N) is 1.